The van der Waals surface area contributed by atoms with Crippen LogP contribution in [0.4, 0.5) is 20.3 Å². The molecule has 0 bridgehead atoms. The van der Waals surface area contributed by atoms with Crippen molar-refractivity contribution in [3.8, 4) is 5.75 Å². The molecule has 0 fully saturated rings. The number of carbonyl (C=O) groups excluding carboxylic acids is 1. The van der Waals surface area contributed by atoms with Gasteiger partial charge in [-0.2, -0.15) is 0 Å². The molecular weight excluding hydrogens is 344 g/mol. The summed E-state index contributed by atoms with van der Waals surface area (Å²) in [5.41, 5.74) is 6.76. The van der Waals surface area contributed by atoms with E-state index in [-0.39, 0.29) is 23.7 Å². The third-order valence-electron chi connectivity index (χ3n) is 3.63. The number of hydrogen-bond acceptors (Lipinski definition) is 5. The zero-order valence-electron chi connectivity index (χ0n) is 13.7. The van der Waals surface area contributed by atoms with Gasteiger partial charge in [0.05, 0.1) is 13.7 Å². The quantitative estimate of drug-likeness (QED) is 0.730. The maximum atomic E-state index is 13.2. The molecule has 3 N–H and O–H groups in total. The minimum atomic E-state index is -1.07. The van der Waals surface area contributed by atoms with Gasteiger partial charge in [0.2, 0.25) is 0 Å². The Kier molecular flexibility index (Phi) is 4.78. The SMILES string of the molecule is COc1cccc(Cn2nnc(C(=O)Nc3ccc(F)c(F)c3)c2N)c1. The minimum Gasteiger partial charge on any atom is -0.497 e. The lowest BCUT2D eigenvalue weighted by atomic mass is 10.2. The van der Waals surface area contributed by atoms with Gasteiger partial charge in [0.15, 0.2) is 23.1 Å². The van der Waals surface area contributed by atoms with Gasteiger partial charge in [-0.15, -0.1) is 5.10 Å². The molecular formula is C17H15F2N5O2. The highest BCUT2D eigenvalue weighted by atomic mass is 19.2. The van der Waals surface area contributed by atoms with Crippen molar-refractivity contribution in [3.05, 3.63) is 65.4 Å². The van der Waals surface area contributed by atoms with Crippen molar-refractivity contribution in [2.45, 2.75) is 6.54 Å². The summed E-state index contributed by atoms with van der Waals surface area (Å²) in [6.07, 6.45) is 0. The number of hydrogen-bond donors (Lipinski definition) is 2. The number of methoxy groups -OCH3 is 1. The number of benzene rings is 2. The molecule has 0 radical (unpaired) electrons. The lowest BCUT2D eigenvalue weighted by molar-refractivity contribution is 0.102. The van der Waals surface area contributed by atoms with Crippen LogP contribution in [0.2, 0.25) is 0 Å². The number of anilines is 2. The molecule has 7 nitrogen and oxygen atoms in total. The lowest BCUT2D eigenvalue weighted by Crippen LogP contribution is -2.15. The van der Waals surface area contributed by atoms with Crippen molar-refractivity contribution in [3.63, 3.8) is 0 Å². The average Bonchev–Trinajstić information content (AvgIpc) is 2.99. The molecule has 0 unspecified atom stereocenters. The van der Waals surface area contributed by atoms with Gasteiger partial charge in [0, 0.05) is 11.8 Å². The van der Waals surface area contributed by atoms with E-state index >= 15 is 0 Å². The van der Waals surface area contributed by atoms with E-state index < -0.39 is 17.5 Å². The number of amides is 1. The highest BCUT2D eigenvalue weighted by Crippen LogP contribution is 2.18. The third-order valence-corrected chi connectivity index (χ3v) is 3.63. The average molecular weight is 359 g/mol. The molecule has 3 aromatic rings. The molecule has 1 amide bonds. The summed E-state index contributed by atoms with van der Waals surface area (Å²) in [4.78, 5) is 12.3. The predicted octanol–water partition coefficient (Wildman–Crippen LogP) is 2.45. The lowest BCUT2D eigenvalue weighted by Gasteiger charge is -2.06. The summed E-state index contributed by atoms with van der Waals surface area (Å²) < 4.78 is 32.7. The predicted molar refractivity (Wildman–Crippen MR) is 90.8 cm³/mol. The first-order valence-corrected chi connectivity index (χ1v) is 7.56. The van der Waals surface area contributed by atoms with E-state index in [4.69, 9.17) is 10.5 Å². The number of nitrogens with two attached hydrogens (primary N) is 1. The Morgan fingerprint density at radius 1 is 1.23 bits per heavy atom. The molecule has 0 spiro atoms. The van der Waals surface area contributed by atoms with Crippen LogP contribution in [-0.4, -0.2) is 28.0 Å². The van der Waals surface area contributed by atoms with Gasteiger partial charge in [-0.05, 0) is 29.8 Å². The fourth-order valence-corrected chi connectivity index (χ4v) is 2.31. The van der Waals surface area contributed by atoms with Gasteiger partial charge in [0.25, 0.3) is 5.91 Å². The Balaban J connectivity index is 1.77. The van der Waals surface area contributed by atoms with Crippen LogP contribution in [0.15, 0.2) is 42.5 Å². The summed E-state index contributed by atoms with van der Waals surface area (Å²) in [6, 6.07) is 10.3. The molecule has 1 heterocycles. The van der Waals surface area contributed by atoms with Crippen LogP contribution in [0.1, 0.15) is 16.1 Å². The first kappa shape index (κ1) is 17.3. The molecule has 0 saturated heterocycles. The molecule has 0 saturated carbocycles. The summed E-state index contributed by atoms with van der Waals surface area (Å²) in [5, 5.41) is 10.0. The number of rotatable bonds is 5. The van der Waals surface area contributed by atoms with Crippen LogP contribution in [0.5, 0.6) is 5.75 Å². The Bertz CT molecular complexity index is 958. The molecule has 26 heavy (non-hydrogen) atoms. The Labute approximate surface area is 147 Å². The number of nitrogen functional groups attached to an aromatic ring is 1. The minimum absolute atomic E-state index is 0.0490. The maximum Gasteiger partial charge on any atom is 0.280 e. The highest BCUT2D eigenvalue weighted by molar-refractivity contribution is 6.05. The van der Waals surface area contributed by atoms with Crippen LogP contribution in [-0.2, 0) is 6.54 Å². The molecule has 0 atom stereocenters. The molecule has 0 aliphatic rings. The van der Waals surface area contributed by atoms with Gasteiger partial charge in [-0.1, -0.05) is 17.3 Å². The van der Waals surface area contributed by atoms with Crippen LogP contribution in [0.3, 0.4) is 0 Å². The van der Waals surface area contributed by atoms with Crippen LogP contribution < -0.4 is 15.8 Å². The number of carbonyl (C=O) groups is 1. The first-order chi connectivity index (χ1) is 12.5. The van der Waals surface area contributed by atoms with Gasteiger partial charge >= 0.3 is 0 Å². The molecule has 0 aliphatic carbocycles. The van der Waals surface area contributed by atoms with Crippen molar-refractivity contribution < 1.29 is 18.3 Å². The Morgan fingerprint density at radius 3 is 2.77 bits per heavy atom. The topological polar surface area (TPSA) is 95.1 Å². The summed E-state index contributed by atoms with van der Waals surface area (Å²) >= 11 is 0. The van der Waals surface area contributed by atoms with Crippen molar-refractivity contribution in [1.29, 1.82) is 0 Å². The summed E-state index contributed by atoms with van der Waals surface area (Å²) in [6.45, 7) is 0.286. The zero-order chi connectivity index (χ0) is 18.7. The fraction of sp³-hybridized carbons (Fsp3) is 0.118. The van der Waals surface area contributed by atoms with Gasteiger partial charge in [0.1, 0.15) is 5.75 Å². The van der Waals surface area contributed by atoms with E-state index in [1.54, 1.807) is 13.2 Å². The molecule has 2 aromatic carbocycles. The third kappa shape index (κ3) is 3.61. The second kappa shape index (κ2) is 7.18. The van der Waals surface area contributed by atoms with Gasteiger partial charge < -0.3 is 15.8 Å². The van der Waals surface area contributed by atoms with E-state index in [0.717, 1.165) is 17.7 Å². The number of halogens is 2. The van der Waals surface area contributed by atoms with Crippen molar-refractivity contribution in [2.24, 2.45) is 0 Å². The smallest absolute Gasteiger partial charge is 0.280 e. The Hall–Kier alpha value is -3.49. The van der Waals surface area contributed by atoms with Crippen LogP contribution in [0, 0.1) is 11.6 Å². The largest absolute Gasteiger partial charge is 0.497 e. The maximum absolute atomic E-state index is 13.2. The summed E-state index contributed by atoms with van der Waals surface area (Å²) in [5.74, 6) is -2.03. The highest BCUT2D eigenvalue weighted by Gasteiger charge is 2.18. The van der Waals surface area contributed by atoms with Crippen molar-refractivity contribution in [2.75, 3.05) is 18.2 Å². The second-order valence-electron chi connectivity index (χ2n) is 5.42. The van der Waals surface area contributed by atoms with E-state index in [1.165, 1.54) is 10.7 Å². The molecule has 1 aromatic heterocycles. The van der Waals surface area contributed by atoms with Gasteiger partial charge in [-0.3, -0.25) is 4.79 Å². The number of nitrogens with one attached hydrogen (secondary N) is 1. The number of nitrogens with zero attached hydrogens (tertiary/aromatic N) is 3. The zero-order valence-corrected chi connectivity index (χ0v) is 13.7. The monoisotopic (exact) mass is 359 g/mol. The number of ether oxygens (including phenoxy) is 1. The molecule has 9 heteroatoms. The fourth-order valence-electron chi connectivity index (χ4n) is 2.31. The first-order valence-electron chi connectivity index (χ1n) is 7.56. The van der Waals surface area contributed by atoms with Crippen LogP contribution >= 0.6 is 0 Å². The standard InChI is InChI=1S/C17H15F2N5O2/c1-26-12-4-2-3-10(7-12)9-24-16(20)15(22-23-24)17(25)21-11-5-6-13(18)14(19)8-11/h2-8H,9,20H2,1H3,(H,21,25). The van der Waals surface area contributed by atoms with Crippen molar-refractivity contribution >= 4 is 17.4 Å². The number of aromatic nitrogens is 3. The molecule has 134 valence electrons. The molecule has 0 aliphatic heterocycles. The van der Waals surface area contributed by atoms with E-state index in [1.807, 2.05) is 18.2 Å². The Morgan fingerprint density at radius 2 is 2.04 bits per heavy atom. The van der Waals surface area contributed by atoms with E-state index in [9.17, 15) is 13.6 Å². The van der Waals surface area contributed by atoms with Gasteiger partial charge in [-0.25, -0.2) is 13.5 Å². The van der Waals surface area contributed by atoms with Crippen LogP contribution in [0.25, 0.3) is 0 Å². The second-order valence-corrected chi connectivity index (χ2v) is 5.42. The van der Waals surface area contributed by atoms with E-state index in [0.29, 0.717) is 5.75 Å². The molecule has 3 rings (SSSR count). The summed E-state index contributed by atoms with van der Waals surface area (Å²) in [7, 11) is 1.56. The van der Waals surface area contributed by atoms with E-state index in [2.05, 4.69) is 15.6 Å². The van der Waals surface area contributed by atoms with Crippen molar-refractivity contribution in [1.82, 2.24) is 15.0 Å². The normalized spacial score (nSPS) is 10.6.